The van der Waals surface area contributed by atoms with Crippen molar-refractivity contribution >= 4 is 17.3 Å². The molecule has 2 unspecified atom stereocenters. The monoisotopic (exact) mass is 383 g/mol. The van der Waals surface area contributed by atoms with E-state index in [1.54, 1.807) is 11.3 Å². The molecule has 1 aliphatic rings. The highest BCUT2D eigenvalue weighted by molar-refractivity contribution is 7.12. The van der Waals surface area contributed by atoms with Gasteiger partial charge in [-0.15, -0.1) is 11.3 Å². The minimum atomic E-state index is -4.39. The second-order valence-electron chi connectivity index (χ2n) is 6.41. The summed E-state index contributed by atoms with van der Waals surface area (Å²) < 4.78 is 38.6. The molecule has 1 aliphatic heterocycles. The van der Waals surface area contributed by atoms with Gasteiger partial charge in [-0.25, -0.2) is 0 Å². The molecule has 3 nitrogen and oxygen atoms in total. The van der Waals surface area contributed by atoms with Crippen LogP contribution < -0.4 is 0 Å². The predicted molar refractivity (Wildman–Crippen MR) is 94.3 cm³/mol. The molecule has 1 aromatic carbocycles. The molecule has 2 atom stereocenters. The Morgan fingerprint density at radius 3 is 2.50 bits per heavy atom. The molecule has 26 heavy (non-hydrogen) atoms. The molecule has 1 N–H and O–H groups in total. The van der Waals surface area contributed by atoms with Gasteiger partial charge >= 0.3 is 12.1 Å². The van der Waals surface area contributed by atoms with Crippen molar-refractivity contribution in [2.24, 2.45) is 0 Å². The van der Waals surface area contributed by atoms with Gasteiger partial charge in [-0.3, -0.25) is 9.69 Å². The fraction of sp³-hybridized carbons (Fsp3) is 0.421. The van der Waals surface area contributed by atoms with Crippen molar-refractivity contribution in [2.75, 3.05) is 6.54 Å². The summed E-state index contributed by atoms with van der Waals surface area (Å²) in [7, 11) is 0. The van der Waals surface area contributed by atoms with Gasteiger partial charge in [-0.05, 0) is 49.1 Å². The zero-order chi connectivity index (χ0) is 18.9. The molecule has 1 saturated heterocycles. The molecule has 0 spiro atoms. The highest BCUT2D eigenvalue weighted by Crippen LogP contribution is 2.39. The van der Waals surface area contributed by atoms with Crippen LogP contribution in [0.4, 0.5) is 13.2 Å². The van der Waals surface area contributed by atoms with E-state index in [1.165, 1.54) is 17.0 Å². The van der Waals surface area contributed by atoms with Crippen LogP contribution in [-0.4, -0.2) is 28.6 Å². The molecule has 0 saturated carbocycles. The van der Waals surface area contributed by atoms with Crippen molar-refractivity contribution in [1.29, 1.82) is 0 Å². The first-order chi connectivity index (χ1) is 12.3. The number of nitrogens with zero attached hydrogens (tertiary/aromatic N) is 1. The summed E-state index contributed by atoms with van der Waals surface area (Å²) >= 11 is 1.59. The quantitative estimate of drug-likeness (QED) is 0.793. The van der Waals surface area contributed by atoms with Gasteiger partial charge in [-0.1, -0.05) is 19.1 Å². The van der Waals surface area contributed by atoms with Gasteiger partial charge in [0.1, 0.15) is 6.04 Å². The number of carboxylic acid groups (broad SMARTS) is 1. The number of halogens is 3. The van der Waals surface area contributed by atoms with Gasteiger partial charge in [0.2, 0.25) is 0 Å². The number of aryl methyl sites for hydroxylation is 1. The van der Waals surface area contributed by atoms with Crippen LogP contribution in [0, 0.1) is 0 Å². The van der Waals surface area contributed by atoms with E-state index in [9.17, 15) is 23.1 Å². The Labute approximate surface area is 154 Å². The van der Waals surface area contributed by atoms with Crippen molar-refractivity contribution < 1.29 is 23.1 Å². The smallest absolute Gasteiger partial charge is 0.416 e. The van der Waals surface area contributed by atoms with E-state index in [0.29, 0.717) is 18.5 Å². The number of carboxylic acids is 1. The molecular weight excluding hydrogens is 363 g/mol. The summed E-state index contributed by atoms with van der Waals surface area (Å²) in [6, 6.07) is 8.09. The first-order valence-corrected chi connectivity index (χ1v) is 9.37. The van der Waals surface area contributed by atoms with Crippen LogP contribution in [0.2, 0.25) is 0 Å². The number of alkyl halides is 3. The van der Waals surface area contributed by atoms with Gasteiger partial charge in [0, 0.05) is 16.3 Å². The van der Waals surface area contributed by atoms with Crippen LogP contribution >= 0.6 is 11.3 Å². The van der Waals surface area contributed by atoms with Crippen LogP contribution in [0.3, 0.4) is 0 Å². The van der Waals surface area contributed by atoms with E-state index in [4.69, 9.17) is 0 Å². The van der Waals surface area contributed by atoms with Crippen molar-refractivity contribution in [3.63, 3.8) is 0 Å². The van der Waals surface area contributed by atoms with Gasteiger partial charge in [-0.2, -0.15) is 13.2 Å². The fourth-order valence-corrected chi connectivity index (χ4v) is 4.57. The Hall–Kier alpha value is -1.86. The number of likely N-dealkylation sites (tertiary alicyclic amines) is 1. The second-order valence-corrected chi connectivity index (χ2v) is 7.61. The molecule has 0 bridgehead atoms. The number of thiophene rings is 1. The fourth-order valence-electron chi connectivity index (χ4n) is 3.47. The van der Waals surface area contributed by atoms with Gasteiger partial charge in [0.05, 0.1) is 11.6 Å². The van der Waals surface area contributed by atoms with Crippen molar-refractivity contribution in [3.05, 3.63) is 57.3 Å². The van der Waals surface area contributed by atoms with E-state index in [0.717, 1.165) is 29.9 Å². The molecule has 1 aromatic heterocycles. The van der Waals surface area contributed by atoms with E-state index < -0.39 is 23.8 Å². The molecule has 0 radical (unpaired) electrons. The third-order valence-electron chi connectivity index (χ3n) is 4.77. The van der Waals surface area contributed by atoms with Gasteiger partial charge in [0.15, 0.2) is 0 Å². The predicted octanol–water partition coefficient (Wildman–Crippen LogP) is 4.97. The lowest BCUT2D eigenvalue weighted by Gasteiger charge is -2.31. The van der Waals surface area contributed by atoms with Crippen LogP contribution in [-0.2, 0) is 17.4 Å². The third-order valence-corrected chi connectivity index (χ3v) is 6.05. The van der Waals surface area contributed by atoms with E-state index in [1.807, 2.05) is 24.0 Å². The SMILES string of the molecule is CCc1ccc(C(c2ccc(C(F)(F)F)cc2)N2CCCC2C(=O)O)s1. The summed E-state index contributed by atoms with van der Waals surface area (Å²) in [4.78, 5) is 15.7. The lowest BCUT2D eigenvalue weighted by molar-refractivity contribution is -0.142. The van der Waals surface area contributed by atoms with E-state index in [-0.39, 0.29) is 6.04 Å². The van der Waals surface area contributed by atoms with Crippen LogP contribution in [0.15, 0.2) is 36.4 Å². The lowest BCUT2D eigenvalue weighted by Crippen LogP contribution is -2.39. The summed E-state index contributed by atoms with van der Waals surface area (Å²) in [6.07, 6.45) is -2.20. The summed E-state index contributed by atoms with van der Waals surface area (Å²) in [6.45, 7) is 2.65. The first-order valence-electron chi connectivity index (χ1n) is 8.55. The zero-order valence-electron chi connectivity index (χ0n) is 14.3. The van der Waals surface area contributed by atoms with E-state index in [2.05, 4.69) is 0 Å². The second kappa shape index (κ2) is 7.40. The maximum absolute atomic E-state index is 12.9. The molecule has 2 aromatic rings. The largest absolute Gasteiger partial charge is 0.480 e. The topological polar surface area (TPSA) is 40.5 Å². The minimum Gasteiger partial charge on any atom is -0.480 e. The minimum absolute atomic E-state index is 0.341. The Bertz CT molecular complexity index is 770. The molecular formula is C19H20F3NO2S. The average Bonchev–Trinajstić information content (AvgIpc) is 3.24. The average molecular weight is 383 g/mol. The standard InChI is InChI=1S/C19H20F3NO2S/c1-2-14-9-10-16(26-14)17(23-11-3-4-15(23)18(24)25)12-5-7-13(8-6-12)19(20,21)22/h5-10,15,17H,2-4,11H2,1H3,(H,24,25). The van der Waals surface area contributed by atoms with Crippen LogP contribution in [0.25, 0.3) is 0 Å². The normalized spacial score (nSPS) is 19.6. The summed E-state index contributed by atoms with van der Waals surface area (Å²) in [5, 5.41) is 9.54. The lowest BCUT2D eigenvalue weighted by atomic mass is 10.0. The van der Waals surface area contributed by atoms with Crippen LogP contribution in [0.1, 0.15) is 46.7 Å². The maximum Gasteiger partial charge on any atom is 0.416 e. The number of carbonyl (C=O) groups is 1. The van der Waals surface area contributed by atoms with Gasteiger partial charge in [0.25, 0.3) is 0 Å². The first kappa shape index (κ1) is 18.9. The summed E-state index contributed by atoms with van der Waals surface area (Å²) in [5.41, 5.74) is -0.00714. The Morgan fingerprint density at radius 2 is 1.96 bits per heavy atom. The number of rotatable bonds is 5. The van der Waals surface area contributed by atoms with Gasteiger partial charge < -0.3 is 5.11 Å². The van der Waals surface area contributed by atoms with E-state index >= 15 is 0 Å². The number of hydrogen-bond donors (Lipinski definition) is 1. The number of aliphatic carboxylic acids is 1. The molecule has 2 heterocycles. The molecule has 1 fully saturated rings. The zero-order valence-corrected chi connectivity index (χ0v) is 15.1. The number of hydrogen-bond acceptors (Lipinski definition) is 3. The van der Waals surface area contributed by atoms with Crippen molar-refractivity contribution in [2.45, 2.75) is 44.4 Å². The maximum atomic E-state index is 12.9. The summed E-state index contributed by atoms with van der Waals surface area (Å²) in [5.74, 6) is -0.883. The Morgan fingerprint density at radius 1 is 1.27 bits per heavy atom. The van der Waals surface area contributed by atoms with Crippen LogP contribution in [0.5, 0.6) is 0 Å². The molecule has 0 amide bonds. The Balaban J connectivity index is 2.01. The number of benzene rings is 1. The highest BCUT2D eigenvalue weighted by atomic mass is 32.1. The molecule has 140 valence electrons. The third kappa shape index (κ3) is 3.78. The molecule has 3 rings (SSSR count). The van der Waals surface area contributed by atoms with Crippen molar-refractivity contribution in [3.8, 4) is 0 Å². The molecule has 7 heteroatoms. The Kier molecular flexibility index (Phi) is 5.39. The highest BCUT2D eigenvalue weighted by Gasteiger charge is 2.38. The molecule has 0 aliphatic carbocycles. The van der Waals surface area contributed by atoms with Crippen molar-refractivity contribution in [1.82, 2.24) is 4.90 Å².